The zero-order valence-corrected chi connectivity index (χ0v) is 15.8. The molecule has 25 heavy (non-hydrogen) atoms. The average Bonchev–Trinajstić information content (AvgIpc) is 2.64. The summed E-state index contributed by atoms with van der Waals surface area (Å²) in [5.41, 5.74) is 3.91. The summed E-state index contributed by atoms with van der Waals surface area (Å²) in [6.07, 6.45) is 4.50. The largest absolute Gasteiger partial charge is 0.493 e. The first kappa shape index (κ1) is 19.3. The Labute approximate surface area is 152 Å². The fourth-order valence-electron chi connectivity index (χ4n) is 2.89. The van der Waals surface area contributed by atoms with Crippen molar-refractivity contribution in [1.29, 1.82) is 0 Å². The molecule has 2 aromatic rings. The number of methoxy groups -OCH3 is 1. The van der Waals surface area contributed by atoms with Gasteiger partial charge in [0.2, 0.25) is 0 Å². The first-order valence-corrected chi connectivity index (χ1v) is 9.30. The highest BCUT2D eigenvalue weighted by Crippen LogP contribution is 2.31. The maximum absolute atomic E-state index is 6.03. The van der Waals surface area contributed by atoms with Crippen molar-refractivity contribution >= 4 is 0 Å². The van der Waals surface area contributed by atoms with Crippen LogP contribution in [0.5, 0.6) is 11.5 Å². The van der Waals surface area contributed by atoms with Gasteiger partial charge in [0.05, 0.1) is 13.7 Å². The second kappa shape index (κ2) is 10.8. The van der Waals surface area contributed by atoms with Crippen LogP contribution in [0.25, 0.3) is 0 Å². The topological polar surface area (TPSA) is 30.5 Å². The van der Waals surface area contributed by atoms with Gasteiger partial charge in [-0.15, -0.1) is 0 Å². The normalized spacial score (nSPS) is 10.7. The Morgan fingerprint density at radius 2 is 1.76 bits per heavy atom. The van der Waals surface area contributed by atoms with Gasteiger partial charge in [0, 0.05) is 12.1 Å². The molecule has 0 aromatic heterocycles. The van der Waals surface area contributed by atoms with Gasteiger partial charge in [-0.3, -0.25) is 0 Å². The van der Waals surface area contributed by atoms with Crippen LogP contribution in [0.4, 0.5) is 0 Å². The third-order valence-corrected chi connectivity index (χ3v) is 4.42. The van der Waals surface area contributed by atoms with Gasteiger partial charge >= 0.3 is 0 Å². The number of ether oxygens (including phenoxy) is 2. The van der Waals surface area contributed by atoms with Crippen LogP contribution in [0, 0.1) is 6.92 Å². The van der Waals surface area contributed by atoms with Crippen LogP contribution in [0.2, 0.25) is 0 Å². The van der Waals surface area contributed by atoms with Crippen molar-refractivity contribution < 1.29 is 9.47 Å². The molecular formula is C22H31NO2. The van der Waals surface area contributed by atoms with E-state index in [9.17, 15) is 0 Å². The number of aryl methyl sites for hydroxylation is 1. The Bertz CT molecular complexity index is 640. The summed E-state index contributed by atoms with van der Waals surface area (Å²) in [5, 5.41) is 3.54. The van der Waals surface area contributed by atoms with E-state index in [1.54, 1.807) is 7.11 Å². The molecule has 3 nitrogen and oxygen atoms in total. The summed E-state index contributed by atoms with van der Waals surface area (Å²) in [7, 11) is 1.70. The highest BCUT2D eigenvalue weighted by molar-refractivity contribution is 5.46. The number of para-hydroxylation sites is 1. The molecular weight excluding hydrogens is 310 g/mol. The van der Waals surface area contributed by atoms with Crippen LogP contribution in [-0.4, -0.2) is 20.3 Å². The molecule has 0 amide bonds. The molecule has 0 heterocycles. The minimum Gasteiger partial charge on any atom is -0.493 e. The van der Waals surface area contributed by atoms with Gasteiger partial charge in [0.25, 0.3) is 0 Å². The van der Waals surface area contributed by atoms with Crippen LogP contribution in [0.1, 0.15) is 42.9 Å². The van der Waals surface area contributed by atoms with E-state index in [4.69, 9.17) is 9.47 Å². The Morgan fingerprint density at radius 3 is 2.52 bits per heavy atom. The van der Waals surface area contributed by atoms with Crippen molar-refractivity contribution in [3.05, 3.63) is 59.2 Å². The van der Waals surface area contributed by atoms with E-state index < -0.39 is 0 Å². The zero-order valence-electron chi connectivity index (χ0n) is 15.8. The van der Waals surface area contributed by atoms with Gasteiger partial charge in [-0.05, 0) is 43.5 Å². The van der Waals surface area contributed by atoms with Crippen molar-refractivity contribution in [2.24, 2.45) is 0 Å². The molecule has 0 saturated carbocycles. The first-order chi connectivity index (χ1) is 12.3. The number of rotatable bonds is 11. The van der Waals surface area contributed by atoms with Gasteiger partial charge < -0.3 is 14.8 Å². The van der Waals surface area contributed by atoms with E-state index in [0.29, 0.717) is 0 Å². The lowest BCUT2D eigenvalue weighted by atomic mass is 10.1. The highest BCUT2D eigenvalue weighted by Gasteiger charge is 2.10. The molecule has 0 aliphatic rings. The molecule has 0 fully saturated rings. The van der Waals surface area contributed by atoms with Crippen LogP contribution in [0.15, 0.2) is 42.5 Å². The average molecular weight is 341 g/mol. The van der Waals surface area contributed by atoms with Gasteiger partial charge in [-0.25, -0.2) is 0 Å². The minimum atomic E-state index is 0.740. The van der Waals surface area contributed by atoms with Crippen LogP contribution < -0.4 is 14.8 Å². The van der Waals surface area contributed by atoms with E-state index >= 15 is 0 Å². The van der Waals surface area contributed by atoms with Crippen molar-refractivity contribution in [3.63, 3.8) is 0 Å². The van der Waals surface area contributed by atoms with Gasteiger partial charge in [-0.2, -0.15) is 0 Å². The lowest BCUT2D eigenvalue weighted by Gasteiger charge is -2.16. The SMILES string of the molecule is CCCCCOc1c(CNCCc2ccccc2C)cccc1OC. The molecule has 0 aliphatic heterocycles. The summed E-state index contributed by atoms with van der Waals surface area (Å²) in [4.78, 5) is 0. The highest BCUT2D eigenvalue weighted by atomic mass is 16.5. The quantitative estimate of drug-likeness (QED) is 0.589. The molecule has 0 spiro atoms. The number of benzene rings is 2. The number of nitrogens with one attached hydrogen (secondary N) is 1. The summed E-state index contributed by atoms with van der Waals surface area (Å²) >= 11 is 0. The van der Waals surface area contributed by atoms with E-state index in [0.717, 1.165) is 49.6 Å². The second-order valence-electron chi connectivity index (χ2n) is 6.36. The fourth-order valence-corrected chi connectivity index (χ4v) is 2.89. The maximum Gasteiger partial charge on any atom is 0.165 e. The Kier molecular flexibility index (Phi) is 8.33. The molecule has 0 atom stereocenters. The summed E-state index contributed by atoms with van der Waals surface area (Å²) < 4.78 is 11.5. The predicted molar refractivity (Wildman–Crippen MR) is 105 cm³/mol. The lowest BCUT2D eigenvalue weighted by molar-refractivity contribution is 0.282. The molecule has 2 rings (SSSR count). The maximum atomic E-state index is 6.03. The molecule has 0 bridgehead atoms. The van der Waals surface area contributed by atoms with Crippen LogP contribution in [-0.2, 0) is 13.0 Å². The minimum absolute atomic E-state index is 0.740. The summed E-state index contributed by atoms with van der Waals surface area (Å²) in [5.74, 6) is 1.69. The Morgan fingerprint density at radius 1 is 0.960 bits per heavy atom. The summed E-state index contributed by atoms with van der Waals surface area (Å²) in [6, 6.07) is 14.7. The standard InChI is InChI=1S/C22H31NO2/c1-4-5-8-16-25-22-20(12-9-13-21(22)24-3)17-23-15-14-19-11-7-6-10-18(19)2/h6-7,9-13,23H,4-5,8,14-17H2,1-3H3. The molecule has 0 aliphatic carbocycles. The van der Waals surface area contributed by atoms with E-state index in [2.05, 4.69) is 49.5 Å². The third kappa shape index (κ3) is 6.09. The Hall–Kier alpha value is -2.00. The molecule has 0 saturated heterocycles. The van der Waals surface area contributed by atoms with E-state index in [1.807, 2.05) is 12.1 Å². The molecule has 2 aromatic carbocycles. The van der Waals surface area contributed by atoms with Crippen LogP contribution in [0.3, 0.4) is 0 Å². The number of unbranched alkanes of at least 4 members (excludes halogenated alkanes) is 2. The van der Waals surface area contributed by atoms with E-state index in [-0.39, 0.29) is 0 Å². The Balaban J connectivity index is 1.90. The molecule has 0 radical (unpaired) electrons. The lowest BCUT2D eigenvalue weighted by Crippen LogP contribution is -2.18. The second-order valence-corrected chi connectivity index (χ2v) is 6.36. The van der Waals surface area contributed by atoms with E-state index in [1.165, 1.54) is 24.0 Å². The smallest absolute Gasteiger partial charge is 0.165 e. The first-order valence-electron chi connectivity index (χ1n) is 9.30. The summed E-state index contributed by atoms with van der Waals surface area (Å²) in [6.45, 7) is 6.83. The third-order valence-electron chi connectivity index (χ3n) is 4.42. The van der Waals surface area contributed by atoms with Crippen molar-refractivity contribution in [3.8, 4) is 11.5 Å². The number of hydrogen-bond donors (Lipinski definition) is 1. The van der Waals surface area contributed by atoms with Gasteiger partial charge in [0.1, 0.15) is 0 Å². The van der Waals surface area contributed by atoms with Crippen molar-refractivity contribution in [1.82, 2.24) is 5.32 Å². The number of hydrogen-bond acceptors (Lipinski definition) is 3. The molecule has 1 N–H and O–H groups in total. The molecule has 0 unspecified atom stereocenters. The predicted octanol–water partition coefficient (Wildman–Crippen LogP) is 4.90. The molecule has 136 valence electrons. The van der Waals surface area contributed by atoms with Gasteiger partial charge in [0.15, 0.2) is 11.5 Å². The monoisotopic (exact) mass is 341 g/mol. The van der Waals surface area contributed by atoms with Crippen molar-refractivity contribution in [2.45, 2.75) is 46.1 Å². The van der Waals surface area contributed by atoms with Crippen molar-refractivity contribution in [2.75, 3.05) is 20.3 Å². The zero-order chi connectivity index (χ0) is 17.9. The van der Waals surface area contributed by atoms with Gasteiger partial charge in [-0.1, -0.05) is 56.2 Å². The fraction of sp³-hybridized carbons (Fsp3) is 0.455. The molecule has 3 heteroatoms. The van der Waals surface area contributed by atoms with Crippen LogP contribution >= 0.6 is 0 Å².